The Morgan fingerprint density at radius 2 is 2.45 bits per heavy atom. The van der Waals surface area contributed by atoms with Crippen molar-refractivity contribution < 1.29 is 4.39 Å². The van der Waals surface area contributed by atoms with Crippen LogP contribution in [0.4, 0.5) is 4.39 Å². The molecule has 0 aromatic rings. The predicted octanol–water partition coefficient (Wildman–Crippen LogP) is 1.46. The SMILES string of the molecule is CC1=CNC2C=C(F)C=CN12. The lowest BCUT2D eigenvalue weighted by atomic mass is 10.3. The molecule has 0 spiro atoms. The summed E-state index contributed by atoms with van der Waals surface area (Å²) in [6.45, 7) is 1.98. The maximum atomic E-state index is 12.6. The maximum Gasteiger partial charge on any atom is 0.125 e. The van der Waals surface area contributed by atoms with Gasteiger partial charge < -0.3 is 10.2 Å². The third kappa shape index (κ3) is 0.926. The van der Waals surface area contributed by atoms with Crippen LogP contribution in [-0.4, -0.2) is 11.1 Å². The van der Waals surface area contributed by atoms with Crippen molar-refractivity contribution in [2.45, 2.75) is 13.1 Å². The van der Waals surface area contributed by atoms with Gasteiger partial charge in [-0.25, -0.2) is 4.39 Å². The van der Waals surface area contributed by atoms with Crippen molar-refractivity contribution in [3.8, 4) is 0 Å². The van der Waals surface area contributed by atoms with Crippen LogP contribution >= 0.6 is 0 Å². The highest BCUT2D eigenvalue weighted by Gasteiger charge is 2.21. The number of hydrogen-bond donors (Lipinski definition) is 1. The Morgan fingerprint density at radius 1 is 1.64 bits per heavy atom. The van der Waals surface area contributed by atoms with Crippen LogP contribution in [0.3, 0.4) is 0 Å². The van der Waals surface area contributed by atoms with Crippen LogP contribution < -0.4 is 5.32 Å². The first-order chi connectivity index (χ1) is 5.27. The van der Waals surface area contributed by atoms with Crippen molar-refractivity contribution in [2.24, 2.45) is 0 Å². The van der Waals surface area contributed by atoms with Crippen LogP contribution in [0.25, 0.3) is 0 Å². The second-order valence-corrected chi connectivity index (χ2v) is 2.67. The highest BCUT2D eigenvalue weighted by Crippen LogP contribution is 2.21. The van der Waals surface area contributed by atoms with E-state index in [1.807, 2.05) is 18.0 Å². The van der Waals surface area contributed by atoms with Crippen LogP contribution in [0.15, 0.2) is 36.1 Å². The Hall–Kier alpha value is -1.25. The fourth-order valence-electron chi connectivity index (χ4n) is 1.28. The van der Waals surface area contributed by atoms with E-state index in [1.165, 1.54) is 6.08 Å². The van der Waals surface area contributed by atoms with Crippen molar-refractivity contribution in [1.29, 1.82) is 0 Å². The van der Waals surface area contributed by atoms with Crippen molar-refractivity contribution >= 4 is 0 Å². The lowest BCUT2D eigenvalue weighted by Gasteiger charge is -2.24. The molecule has 1 N–H and O–H groups in total. The lowest BCUT2D eigenvalue weighted by Crippen LogP contribution is -2.32. The summed E-state index contributed by atoms with van der Waals surface area (Å²) in [5.41, 5.74) is 1.11. The molecule has 2 aliphatic rings. The van der Waals surface area contributed by atoms with Crippen LogP contribution in [0.2, 0.25) is 0 Å². The minimum absolute atomic E-state index is 0.0139. The average molecular weight is 152 g/mol. The van der Waals surface area contributed by atoms with Gasteiger partial charge in [-0.05, 0) is 19.1 Å². The van der Waals surface area contributed by atoms with Gasteiger partial charge in [0.1, 0.15) is 12.0 Å². The summed E-state index contributed by atoms with van der Waals surface area (Å²) in [5.74, 6) is -0.179. The summed E-state index contributed by atoms with van der Waals surface area (Å²) >= 11 is 0. The highest BCUT2D eigenvalue weighted by atomic mass is 19.1. The van der Waals surface area contributed by atoms with E-state index >= 15 is 0 Å². The van der Waals surface area contributed by atoms with Crippen molar-refractivity contribution in [2.75, 3.05) is 0 Å². The monoisotopic (exact) mass is 152 g/mol. The van der Waals surface area contributed by atoms with Crippen LogP contribution in [-0.2, 0) is 0 Å². The quantitative estimate of drug-likeness (QED) is 0.565. The average Bonchev–Trinajstić information content (AvgIpc) is 2.32. The molecule has 2 rings (SSSR count). The van der Waals surface area contributed by atoms with Crippen LogP contribution in [0.5, 0.6) is 0 Å². The molecule has 0 saturated carbocycles. The standard InChI is InChI=1S/C8H9FN2/c1-6-5-10-8-4-7(9)2-3-11(6)8/h2-5,8,10H,1H3. The predicted molar refractivity (Wildman–Crippen MR) is 40.9 cm³/mol. The van der Waals surface area contributed by atoms with Gasteiger partial charge in [-0.1, -0.05) is 0 Å². The first-order valence-corrected chi connectivity index (χ1v) is 3.54. The number of fused-ring (bicyclic) bond motifs is 1. The number of nitrogens with zero attached hydrogens (tertiary/aromatic N) is 1. The number of halogens is 1. The smallest absolute Gasteiger partial charge is 0.125 e. The van der Waals surface area contributed by atoms with Crippen LogP contribution in [0.1, 0.15) is 6.92 Å². The zero-order chi connectivity index (χ0) is 7.84. The van der Waals surface area contributed by atoms with E-state index in [1.54, 1.807) is 12.3 Å². The molecule has 11 heavy (non-hydrogen) atoms. The molecule has 58 valence electrons. The molecule has 0 bridgehead atoms. The summed E-state index contributed by atoms with van der Waals surface area (Å²) in [5, 5.41) is 3.03. The second-order valence-electron chi connectivity index (χ2n) is 2.67. The number of nitrogens with one attached hydrogen (secondary N) is 1. The minimum Gasteiger partial charge on any atom is -0.366 e. The second kappa shape index (κ2) is 2.12. The Balaban J connectivity index is 2.27. The molecule has 0 aliphatic carbocycles. The first-order valence-electron chi connectivity index (χ1n) is 3.54. The van der Waals surface area contributed by atoms with Gasteiger partial charge in [0.25, 0.3) is 0 Å². The molecular formula is C8H9FN2. The van der Waals surface area contributed by atoms with E-state index in [4.69, 9.17) is 0 Å². The molecule has 0 aromatic carbocycles. The van der Waals surface area contributed by atoms with Crippen LogP contribution in [0, 0.1) is 0 Å². The van der Waals surface area contributed by atoms with Crippen molar-refractivity contribution in [1.82, 2.24) is 10.2 Å². The van der Waals surface area contributed by atoms with E-state index in [-0.39, 0.29) is 12.0 Å². The molecular weight excluding hydrogens is 143 g/mol. The topological polar surface area (TPSA) is 15.3 Å². The molecule has 1 atom stereocenters. The van der Waals surface area contributed by atoms with Gasteiger partial charge in [0.15, 0.2) is 0 Å². The molecule has 2 aliphatic heterocycles. The zero-order valence-corrected chi connectivity index (χ0v) is 6.21. The maximum absolute atomic E-state index is 12.6. The van der Waals surface area contributed by atoms with Gasteiger partial charge in [-0.15, -0.1) is 0 Å². The molecule has 0 saturated heterocycles. The van der Waals surface area contributed by atoms with Gasteiger partial charge in [0.2, 0.25) is 0 Å². The van der Waals surface area contributed by atoms with Gasteiger partial charge in [-0.2, -0.15) is 0 Å². The Labute approximate surface area is 64.7 Å². The van der Waals surface area contributed by atoms with Crippen molar-refractivity contribution in [3.05, 3.63) is 36.1 Å². The first kappa shape index (κ1) is 6.46. The normalized spacial score (nSPS) is 27.5. The molecule has 2 nitrogen and oxygen atoms in total. The fraction of sp³-hybridized carbons (Fsp3) is 0.250. The molecule has 3 heteroatoms. The molecule has 2 heterocycles. The van der Waals surface area contributed by atoms with Gasteiger partial charge in [-0.3, -0.25) is 0 Å². The summed E-state index contributed by atoms with van der Waals surface area (Å²) in [7, 11) is 0. The lowest BCUT2D eigenvalue weighted by molar-refractivity contribution is 0.389. The fourth-order valence-corrected chi connectivity index (χ4v) is 1.28. The summed E-state index contributed by atoms with van der Waals surface area (Å²) < 4.78 is 12.6. The van der Waals surface area contributed by atoms with E-state index in [0.29, 0.717) is 0 Å². The highest BCUT2D eigenvalue weighted by molar-refractivity contribution is 5.26. The zero-order valence-electron chi connectivity index (χ0n) is 6.21. The summed E-state index contributed by atoms with van der Waals surface area (Å²) in [6, 6.07) is 0. The Morgan fingerprint density at radius 3 is 3.27 bits per heavy atom. The molecule has 0 aromatic heterocycles. The number of allylic oxidation sites excluding steroid dienone is 3. The molecule has 0 fully saturated rings. The largest absolute Gasteiger partial charge is 0.366 e. The Bertz CT molecular complexity index is 265. The third-order valence-electron chi connectivity index (χ3n) is 1.88. The summed E-state index contributed by atoms with van der Waals surface area (Å²) in [6.07, 6.45) is 6.61. The molecule has 0 radical (unpaired) electrons. The van der Waals surface area contributed by atoms with Gasteiger partial charge in [0.05, 0.1) is 0 Å². The molecule has 0 amide bonds. The van der Waals surface area contributed by atoms with E-state index in [0.717, 1.165) is 5.70 Å². The van der Waals surface area contributed by atoms with Gasteiger partial charge >= 0.3 is 0 Å². The van der Waals surface area contributed by atoms with E-state index in [9.17, 15) is 4.39 Å². The third-order valence-corrected chi connectivity index (χ3v) is 1.88. The Kier molecular flexibility index (Phi) is 1.24. The summed E-state index contributed by atoms with van der Waals surface area (Å²) in [4.78, 5) is 1.98. The van der Waals surface area contributed by atoms with Gasteiger partial charge in [0, 0.05) is 18.1 Å². The van der Waals surface area contributed by atoms with E-state index in [2.05, 4.69) is 5.32 Å². The number of hydrogen-bond acceptors (Lipinski definition) is 2. The van der Waals surface area contributed by atoms with Crippen molar-refractivity contribution in [3.63, 3.8) is 0 Å². The molecule has 1 unspecified atom stereocenters. The van der Waals surface area contributed by atoms with E-state index < -0.39 is 0 Å². The minimum atomic E-state index is -0.179. The number of rotatable bonds is 0.